The number of pyridine rings is 2. The molecule has 0 fully saturated rings. The van der Waals surface area contributed by atoms with Gasteiger partial charge in [-0.25, -0.2) is 10.5 Å². The first-order chi connectivity index (χ1) is 20.3. The Hall–Kier alpha value is -4.67. The summed E-state index contributed by atoms with van der Waals surface area (Å²) in [4.78, 5) is 45.1. The van der Waals surface area contributed by atoms with Gasteiger partial charge in [0.15, 0.2) is 6.10 Å². The van der Waals surface area contributed by atoms with Crippen molar-refractivity contribution in [2.45, 2.75) is 57.9 Å². The van der Waals surface area contributed by atoms with Crippen LogP contribution in [-0.2, 0) is 27.4 Å². The molecule has 0 radical (unpaired) electrons. The first-order valence-corrected chi connectivity index (χ1v) is 13.9. The third-order valence-electron chi connectivity index (χ3n) is 7.52. The van der Waals surface area contributed by atoms with Crippen LogP contribution in [0.4, 0.5) is 0 Å². The van der Waals surface area contributed by atoms with E-state index in [9.17, 15) is 14.8 Å². The maximum Gasteiger partial charge on any atom is 0.274 e. The molecule has 10 nitrogen and oxygen atoms in total. The fraction of sp³-hybridized carbons (Fsp3) is 0.281. The summed E-state index contributed by atoms with van der Waals surface area (Å²) < 4.78 is 6.14. The molecule has 10 heteroatoms. The molecule has 0 aliphatic heterocycles. The number of fused-ring (bicyclic) bond motifs is 2. The second-order valence-corrected chi connectivity index (χ2v) is 10.7. The van der Waals surface area contributed by atoms with Gasteiger partial charge in [0.2, 0.25) is 5.91 Å². The Kier molecular flexibility index (Phi) is 8.56. The molecule has 2 amide bonds. The molecule has 5 aromatic rings. The zero-order valence-electron chi connectivity index (χ0n) is 23.8. The van der Waals surface area contributed by atoms with Crippen molar-refractivity contribution in [1.29, 1.82) is 0 Å². The Morgan fingerprint density at radius 3 is 2.45 bits per heavy atom. The summed E-state index contributed by atoms with van der Waals surface area (Å²) in [6.45, 7) is 5.39. The number of carbonyl (C=O) groups is 2. The van der Waals surface area contributed by atoms with E-state index < -0.39 is 23.6 Å². The van der Waals surface area contributed by atoms with E-state index in [2.05, 4.69) is 33.2 Å². The molecule has 3 aromatic heterocycles. The van der Waals surface area contributed by atoms with Crippen LogP contribution in [0.25, 0.3) is 21.8 Å². The van der Waals surface area contributed by atoms with Crippen LogP contribution in [-0.4, -0.2) is 53.5 Å². The summed E-state index contributed by atoms with van der Waals surface area (Å²) in [5, 5.41) is 11.9. The van der Waals surface area contributed by atoms with E-state index in [0.717, 1.165) is 27.4 Å². The van der Waals surface area contributed by atoms with E-state index in [-0.39, 0.29) is 18.9 Å². The average Bonchev–Trinajstić information content (AvgIpc) is 3.45. The summed E-state index contributed by atoms with van der Waals surface area (Å²) in [5.41, 5.74) is 3.74. The van der Waals surface area contributed by atoms with Gasteiger partial charge in [-0.05, 0) is 53.9 Å². The molecule has 0 aliphatic rings. The second kappa shape index (κ2) is 12.5. The fourth-order valence-electron chi connectivity index (χ4n) is 5.44. The largest absolute Gasteiger partial charge is 0.361 e. The highest BCUT2D eigenvalue weighted by Crippen LogP contribution is 2.36. The van der Waals surface area contributed by atoms with Crippen molar-refractivity contribution >= 4 is 33.6 Å². The van der Waals surface area contributed by atoms with Crippen LogP contribution < -0.4 is 5.48 Å². The number of hydroxylamine groups is 1. The standard InChI is InChI=1S/C32H34N6O4/c1-4-28(39)38(32(2,3)29(31(40)37-41)42-20-21-11-14-33-15-12-21)27(30-35-25-13-16-34-19-26(25)36-30)18-22-9-10-23-7-5-6-8-24(23)17-22/h5-17,19,27,29,41H,4,18,20H2,1-3H3,(H,35,36)(H,37,40)/t27-,29+/m0/s1. The average molecular weight is 567 g/mol. The van der Waals surface area contributed by atoms with E-state index in [0.29, 0.717) is 17.8 Å². The fourth-order valence-corrected chi connectivity index (χ4v) is 5.44. The summed E-state index contributed by atoms with van der Waals surface area (Å²) in [5.74, 6) is -0.410. The van der Waals surface area contributed by atoms with Gasteiger partial charge in [-0.3, -0.25) is 24.8 Å². The molecule has 0 bridgehead atoms. The first-order valence-electron chi connectivity index (χ1n) is 13.9. The molecule has 42 heavy (non-hydrogen) atoms. The number of nitrogens with zero attached hydrogens (tertiary/aromatic N) is 4. The van der Waals surface area contributed by atoms with Crippen LogP contribution in [0.5, 0.6) is 0 Å². The molecule has 0 saturated heterocycles. The lowest BCUT2D eigenvalue weighted by molar-refractivity contribution is -0.163. The third-order valence-corrected chi connectivity index (χ3v) is 7.52. The number of aromatic amines is 1. The normalized spacial score (nSPS) is 13.1. The number of amides is 2. The van der Waals surface area contributed by atoms with Gasteiger partial charge in [0.1, 0.15) is 11.3 Å². The molecule has 3 N–H and O–H groups in total. The van der Waals surface area contributed by atoms with Crippen molar-refractivity contribution in [1.82, 2.24) is 30.3 Å². The highest BCUT2D eigenvalue weighted by Gasteiger charge is 2.47. The maximum absolute atomic E-state index is 13.9. The minimum atomic E-state index is -1.23. The number of ether oxygens (including phenoxy) is 1. The van der Waals surface area contributed by atoms with Crippen molar-refractivity contribution < 1.29 is 19.5 Å². The van der Waals surface area contributed by atoms with Crippen LogP contribution >= 0.6 is 0 Å². The van der Waals surface area contributed by atoms with Gasteiger partial charge >= 0.3 is 0 Å². The lowest BCUT2D eigenvalue weighted by Crippen LogP contribution is -2.61. The number of hydrogen-bond acceptors (Lipinski definition) is 7. The summed E-state index contributed by atoms with van der Waals surface area (Å²) in [6, 6.07) is 19.1. The SMILES string of the molecule is CCC(=O)N([C@@H](Cc1ccc2ccccc2c1)c1nc2cnccc2[nH]1)C(C)(C)[C@H](OCc1ccncc1)C(=O)NO. The van der Waals surface area contributed by atoms with Crippen molar-refractivity contribution in [2.75, 3.05) is 0 Å². The maximum atomic E-state index is 13.9. The number of imidazole rings is 1. The van der Waals surface area contributed by atoms with Gasteiger partial charge in [0, 0.05) is 31.4 Å². The summed E-state index contributed by atoms with van der Waals surface area (Å²) in [7, 11) is 0. The first kappa shape index (κ1) is 28.8. The van der Waals surface area contributed by atoms with E-state index >= 15 is 0 Å². The van der Waals surface area contributed by atoms with Crippen molar-refractivity contribution in [3.05, 3.63) is 102 Å². The Balaban J connectivity index is 1.60. The third kappa shape index (κ3) is 6.00. The number of H-pyrrole nitrogens is 1. The molecule has 2 atom stereocenters. The quantitative estimate of drug-likeness (QED) is 0.153. The minimum absolute atomic E-state index is 0.0733. The van der Waals surface area contributed by atoms with Crippen LogP contribution in [0.2, 0.25) is 0 Å². The highest BCUT2D eigenvalue weighted by molar-refractivity contribution is 5.85. The predicted octanol–water partition coefficient (Wildman–Crippen LogP) is 4.90. The van der Waals surface area contributed by atoms with E-state index in [1.807, 2.05) is 30.3 Å². The van der Waals surface area contributed by atoms with E-state index in [1.54, 1.807) is 68.1 Å². The Morgan fingerprint density at radius 1 is 1.00 bits per heavy atom. The van der Waals surface area contributed by atoms with E-state index in [1.165, 1.54) is 0 Å². The van der Waals surface area contributed by atoms with Gasteiger partial charge in [-0.2, -0.15) is 0 Å². The molecule has 2 aromatic carbocycles. The highest BCUT2D eigenvalue weighted by atomic mass is 16.5. The molecule has 0 spiro atoms. The molecule has 216 valence electrons. The predicted molar refractivity (Wildman–Crippen MR) is 158 cm³/mol. The number of rotatable bonds is 11. The smallest absolute Gasteiger partial charge is 0.274 e. The van der Waals surface area contributed by atoms with Gasteiger partial charge in [-0.1, -0.05) is 49.4 Å². The number of carbonyl (C=O) groups excluding carboxylic acids is 2. The zero-order valence-corrected chi connectivity index (χ0v) is 23.8. The molecule has 0 saturated carbocycles. The van der Waals surface area contributed by atoms with Crippen LogP contribution in [0.1, 0.15) is 50.2 Å². The molecule has 3 heterocycles. The van der Waals surface area contributed by atoms with Crippen LogP contribution in [0.15, 0.2) is 85.5 Å². The second-order valence-electron chi connectivity index (χ2n) is 10.7. The van der Waals surface area contributed by atoms with Gasteiger partial charge in [0.25, 0.3) is 5.91 Å². The number of aromatic nitrogens is 4. The Labute approximate surface area is 243 Å². The van der Waals surface area contributed by atoms with Crippen LogP contribution in [0, 0.1) is 0 Å². The molecular weight excluding hydrogens is 532 g/mol. The molecule has 0 unspecified atom stereocenters. The topological polar surface area (TPSA) is 133 Å². The van der Waals surface area contributed by atoms with E-state index in [4.69, 9.17) is 9.72 Å². The monoisotopic (exact) mass is 566 g/mol. The van der Waals surface area contributed by atoms with Gasteiger partial charge < -0.3 is 14.6 Å². The summed E-state index contributed by atoms with van der Waals surface area (Å²) in [6.07, 6.45) is 5.97. The molecule has 0 aliphatic carbocycles. The number of nitrogens with one attached hydrogen (secondary N) is 2. The lowest BCUT2D eigenvalue weighted by Gasteiger charge is -2.46. The lowest BCUT2D eigenvalue weighted by atomic mass is 9.89. The number of benzene rings is 2. The Morgan fingerprint density at radius 2 is 1.74 bits per heavy atom. The molecule has 5 rings (SSSR count). The van der Waals surface area contributed by atoms with Crippen LogP contribution in [0.3, 0.4) is 0 Å². The minimum Gasteiger partial charge on any atom is -0.361 e. The van der Waals surface area contributed by atoms with Crippen molar-refractivity contribution in [3.8, 4) is 0 Å². The van der Waals surface area contributed by atoms with Gasteiger partial charge in [-0.15, -0.1) is 0 Å². The zero-order chi connectivity index (χ0) is 29.7. The Bertz CT molecular complexity index is 1650. The number of hydrogen-bond donors (Lipinski definition) is 3. The summed E-state index contributed by atoms with van der Waals surface area (Å²) >= 11 is 0. The van der Waals surface area contributed by atoms with Crippen molar-refractivity contribution in [2.24, 2.45) is 0 Å². The van der Waals surface area contributed by atoms with Crippen molar-refractivity contribution in [3.63, 3.8) is 0 Å². The van der Waals surface area contributed by atoms with Gasteiger partial charge in [0.05, 0.1) is 29.9 Å². The molecular formula is C32H34N6O4.